The van der Waals surface area contributed by atoms with Gasteiger partial charge in [0.1, 0.15) is 0 Å². The van der Waals surface area contributed by atoms with Crippen LogP contribution in [0.2, 0.25) is 13.1 Å². The maximum atomic E-state index is 2.63. The predicted octanol–water partition coefficient (Wildman–Crippen LogP) is 7.17. The number of fused-ring (bicyclic) bond motifs is 2. The number of rotatable bonds is 8. The molecule has 0 radical (unpaired) electrons. The Labute approximate surface area is 354 Å². The van der Waals surface area contributed by atoms with Crippen molar-refractivity contribution >= 4 is 40.0 Å². The van der Waals surface area contributed by atoms with Crippen molar-refractivity contribution < 1.29 is 51.0 Å². The molecular weight excluding hydrogens is 791 g/mol. The van der Waals surface area contributed by atoms with Gasteiger partial charge in [-0.05, 0) is 45.2 Å². The Kier molecular flexibility index (Phi) is 13.0. The van der Waals surface area contributed by atoms with Gasteiger partial charge in [-0.1, -0.05) is 173 Å². The van der Waals surface area contributed by atoms with Crippen LogP contribution >= 0.6 is 0 Å². The average Bonchev–Trinajstić information content (AvgIpc) is 3.77. The smallest absolute Gasteiger partial charge is 1.00 e. The first-order valence-electron chi connectivity index (χ1n) is 18.5. The number of halogens is 2. The van der Waals surface area contributed by atoms with Gasteiger partial charge in [0.05, 0.1) is 0 Å². The van der Waals surface area contributed by atoms with Crippen LogP contribution in [0, 0.1) is 0 Å². The first-order valence-corrected chi connectivity index (χ1v) is 21.5. The Morgan fingerprint density at radius 1 is 0.389 bits per heavy atom. The summed E-state index contributed by atoms with van der Waals surface area (Å²) >= 11 is 0. The molecule has 0 bridgehead atoms. The van der Waals surface area contributed by atoms with Crippen LogP contribution in [-0.2, 0) is 26.2 Å². The molecule has 0 aliphatic heterocycles. The number of benzene rings is 6. The molecule has 4 heteroatoms. The molecule has 0 spiro atoms. The fourth-order valence-electron chi connectivity index (χ4n) is 8.71. The summed E-state index contributed by atoms with van der Waals surface area (Å²) < 4.78 is 0. The molecule has 8 aromatic carbocycles. The van der Waals surface area contributed by atoms with Crippen molar-refractivity contribution in [1.29, 1.82) is 0 Å². The second-order valence-corrected chi connectivity index (χ2v) is 19.5. The van der Waals surface area contributed by atoms with Crippen LogP contribution in [0.15, 0.2) is 158 Å². The second kappa shape index (κ2) is 16.9. The van der Waals surface area contributed by atoms with E-state index in [0.717, 1.165) is 0 Å². The topological polar surface area (TPSA) is 0 Å². The summed E-state index contributed by atoms with van der Waals surface area (Å²) in [4.78, 5) is 0. The molecule has 0 aliphatic carbocycles. The summed E-state index contributed by atoms with van der Waals surface area (Å²) in [5.74, 6) is 0.803. The number of hydrogen-bond acceptors (Lipinski definition) is 0. The van der Waals surface area contributed by atoms with Crippen LogP contribution in [-0.4, -0.2) is 8.07 Å². The maximum Gasteiger partial charge on any atom is 4.00 e. The van der Waals surface area contributed by atoms with Crippen LogP contribution in [0.25, 0.3) is 66.1 Å². The minimum absolute atomic E-state index is 0. The molecule has 0 saturated heterocycles. The van der Waals surface area contributed by atoms with Crippen molar-refractivity contribution in [3.63, 3.8) is 0 Å². The fourth-order valence-corrected chi connectivity index (χ4v) is 12.9. The monoisotopic (exact) mass is 834 g/mol. The molecule has 0 unspecified atom stereocenters. The Hall–Kier alpha value is -3.78. The van der Waals surface area contributed by atoms with Gasteiger partial charge in [0, 0.05) is 8.07 Å². The van der Waals surface area contributed by atoms with Crippen LogP contribution in [0.1, 0.15) is 50.7 Å². The molecule has 0 heterocycles. The second-order valence-electron chi connectivity index (χ2n) is 15.2. The Morgan fingerprint density at radius 3 is 1.06 bits per heavy atom. The Balaban J connectivity index is 0.00000187. The third-order valence-corrected chi connectivity index (χ3v) is 14.6. The zero-order chi connectivity index (χ0) is 35.3. The molecule has 0 nitrogen and oxygen atoms in total. The zero-order valence-corrected chi connectivity index (χ0v) is 36.9. The minimum atomic E-state index is -2.42. The molecule has 0 aliphatic rings. The molecule has 8 rings (SSSR count). The van der Waals surface area contributed by atoms with E-state index in [-0.39, 0.29) is 51.0 Å². The largest absolute Gasteiger partial charge is 4.00 e. The summed E-state index contributed by atoms with van der Waals surface area (Å²) in [5.41, 5.74) is 13.3. The normalized spacial score (nSPS) is 11.4. The van der Waals surface area contributed by atoms with E-state index >= 15 is 0 Å². The number of hydrogen-bond donors (Lipinski definition) is 0. The third-order valence-electron chi connectivity index (χ3n) is 11.0. The summed E-state index contributed by atoms with van der Waals surface area (Å²) in [6.45, 7) is 14.8. The van der Waals surface area contributed by atoms with E-state index in [9.17, 15) is 0 Å². The van der Waals surface area contributed by atoms with Crippen LogP contribution in [0.5, 0.6) is 0 Å². The molecular formula is C50H46Cl2SiZr. The zero-order valence-electron chi connectivity index (χ0n) is 31.9. The molecule has 0 fully saturated rings. The maximum absolute atomic E-state index is 2.63. The molecule has 54 heavy (non-hydrogen) atoms. The van der Waals surface area contributed by atoms with Crippen molar-refractivity contribution in [1.82, 2.24) is 0 Å². The van der Waals surface area contributed by atoms with Gasteiger partial charge in [0.15, 0.2) is 0 Å². The van der Waals surface area contributed by atoms with Gasteiger partial charge >= 0.3 is 26.2 Å². The Bertz CT molecular complexity index is 2330. The van der Waals surface area contributed by atoms with Gasteiger partial charge in [-0.2, -0.15) is 10.4 Å². The van der Waals surface area contributed by atoms with Crippen LogP contribution < -0.4 is 35.2 Å². The molecule has 0 aromatic heterocycles. The molecule has 268 valence electrons. The summed E-state index contributed by atoms with van der Waals surface area (Å²) in [5, 5.41) is 8.76. The molecule has 0 amide bonds. The molecule has 0 atom stereocenters. The van der Waals surface area contributed by atoms with Gasteiger partial charge < -0.3 is 24.8 Å². The predicted molar refractivity (Wildman–Crippen MR) is 226 cm³/mol. The van der Waals surface area contributed by atoms with Crippen LogP contribution in [0.3, 0.4) is 0 Å². The van der Waals surface area contributed by atoms with E-state index in [1.54, 1.807) is 10.4 Å². The summed E-state index contributed by atoms with van der Waals surface area (Å²) in [7, 11) is -2.42. The summed E-state index contributed by atoms with van der Waals surface area (Å²) in [6, 6.07) is 58.7. The van der Waals surface area contributed by atoms with Gasteiger partial charge in [0.2, 0.25) is 0 Å². The first-order chi connectivity index (χ1) is 24.8. The molecule has 0 saturated carbocycles. The Morgan fingerprint density at radius 2 is 0.704 bits per heavy atom. The van der Waals surface area contributed by atoms with Crippen molar-refractivity contribution in [2.24, 2.45) is 0 Å². The van der Waals surface area contributed by atoms with Crippen molar-refractivity contribution in [2.45, 2.75) is 52.6 Å². The van der Waals surface area contributed by atoms with Crippen LogP contribution in [0.4, 0.5) is 0 Å². The SMILES string of the molecule is CC(C)c1[cH-]c2cccc(-c3ccccc3-c3ccccc3)c2c1[Si](C)(C)c1c(C(C)C)[cH-]c2cccc(-c3ccccc3-c3ccccc3)c12.[Cl-].[Cl-].[Zr+4]. The van der Waals surface area contributed by atoms with Crippen molar-refractivity contribution in [3.8, 4) is 44.5 Å². The van der Waals surface area contributed by atoms with Crippen molar-refractivity contribution in [2.75, 3.05) is 0 Å². The molecule has 0 N–H and O–H groups in total. The third kappa shape index (κ3) is 7.20. The van der Waals surface area contributed by atoms with E-state index in [2.05, 4.69) is 199 Å². The quantitative estimate of drug-likeness (QED) is 0.113. The fraction of sp³-hybridized carbons (Fsp3) is 0.160. The van der Waals surface area contributed by atoms with Gasteiger partial charge in [-0.15, -0.1) is 69.1 Å². The van der Waals surface area contributed by atoms with E-state index < -0.39 is 8.07 Å². The van der Waals surface area contributed by atoms with Crippen molar-refractivity contribution in [3.05, 3.63) is 169 Å². The molecule has 8 aromatic rings. The average molecular weight is 837 g/mol. The first kappa shape index (κ1) is 41.4. The summed E-state index contributed by atoms with van der Waals surface area (Å²) in [6.07, 6.45) is 0. The van der Waals surface area contributed by atoms with Gasteiger partial charge in [-0.25, -0.2) is 0 Å². The van der Waals surface area contributed by atoms with E-state index in [4.69, 9.17) is 0 Å². The van der Waals surface area contributed by atoms with E-state index in [1.807, 2.05) is 0 Å². The van der Waals surface area contributed by atoms with E-state index in [1.165, 1.54) is 77.2 Å². The van der Waals surface area contributed by atoms with E-state index in [0.29, 0.717) is 11.8 Å². The van der Waals surface area contributed by atoms with Gasteiger partial charge in [-0.3, -0.25) is 0 Å². The van der Waals surface area contributed by atoms with Gasteiger partial charge in [0.25, 0.3) is 0 Å². The minimum Gasteiger partial charge on any atom is -1.00 e. The standard InChI is InChI=1S/C50H46Si.2ClH.Zr/c1-33(2)45-31-37-23-17-29-43(41-27-15-13-25-39(41)35-19-9-7-10-20-35)47(37)49(45)51(5,6)50-46(34(3)4)32-38-24-18-30-44(48(38)50)42-28-16-14-26-40(42)36-21-11-8-12-22-36;;;/h7-34H,1-6H3;2*1H;/q-2;;;+4/p-2.